The Morgan fingerprint density at radius 1 is 1.63 bits per heavy atom. The molecule has 6 nitrogen and oxygen atoms in total. The number of nitrogens with one attached hydrogen (secondary N) is 1. The Bertz CT molecular complexity index is 568. The van der Waals surface area contributed by atoms with Gasteiger partial charge in [-0.1, -0.05) is 6.92 Å². The Morgan fingerprint density at radius 3 is 2.74 bits per heavy atom. The number of amides is 1. The summed E-state index contributed by atoms with van der Waals surface area (Å²) < 4.78 is 13.1. The number of benzene rings is 1. The lowest BCUT2D eigenvalue weighted by molar-refractivity contribution is -0.387. The van der Waals surface area contributed by atoms with E-state index in [2.05, 4.69) is 5.32 Å². The molecule has 7 heteroatoms. The molecular weight excluding hydrogens is 253 g/mol. The summed E-state index contributed by atoms with van der Waals surface area (Å²) in [5.41, 5.74) is -1.88. The van der Waals surface area contributed by atoms with Crippen LogP contribution in [0.2, 0.25) is 0 Å². The molecule has 0 bridgehead atoms. The Hall–Kier alpha value is -2.49. The third kappa shape index (κ3) is 3.04. The Kier molecular flexibility index (Phi) is 4.17. The lowest BCUT2D eigenvalue weighted by Crippen LogP contribution is -2.31. The van der Waals surface area contributed by atoms with E-state index in [-0.39, 0.29) is 5.69 Å². The molecule has 1 aromatic rings. The summed E-state index contributed by atoms with van der Waals surface area (Å²) in [4.78, 5) is 21.6. The van der Waals surface area contributed by atoms with E-state index >= 15 is 0 Å². The average molecular weight is 265 g/mol. The van der Waals surface area contributed by atoms with Crippen LogP contribution >= 0.6 is 0 Å². The molecule has 0 aliphatic carbocycles. The van der Waals surface area contributed by atoms with Crippen LogP contribution in [-0.4, -0.2) is 10.8 Å². The third-order valence-corrected chi connectivity index (χ3v) is 2.86. The fraction of sp³-hybridized carbons (Fsp3) is 0.333. The zero-order chi connectivity index (χ0) is 14.6. The second kappa shape index (κ2) is 5.44. The van der Waals surface area contributed by atoms with Gasteiger partial charge in [-0.05, 0) is 25.5 Å². The van der Waals surface area contributed by atoms with Gasteiger partial charge in [-0.2, -0.15) is 9.65 Å². The monoisotopic (exact) mass is 265 g/mol. The average Bonchev–Trinajstić information content (AvgIpc) is 2.39. The number of nitro groups is 1. The van der Waals surface area contributed by atoms with Gasteiger partial charge in [0.15, 0.2) is 0 Å². The maximum atomic E-state index is 13.1. The standard InChI is InChI=1S/C12H12FN3O3/c1-3-12(2,7-14)11(17)15-8-4-5-9(13)10(6-8)16(18)19/h4-6H,3H2,1-2H3,(H,15,17). The number of carbonyl (C=O) groups excluding carboxylic acids is 1. The van der Waals surface area contributed by atoms with Gasteiger partial charge in [0.25, 0.3) is 0 Å². The summed E-state index contributed by atoms with van der Waals surface area (Å²) in [6.45, 7) is 3.14. The molecule has 0 spiro atoms. The van der Waals surface area contributed by atoms with Crippen molar-refractivity contribution in [1.82, 2.24) is 0 Å². The Balaban J connectivity index is 3.02. The van der Waals surface area contributed by atoms with Crippen LogP contribution < -0.4 is 5.32 Å². The highest BCUT2D eigenvalue weighted by Crippen LogP contribution is 2.25. The number of anilines is 1. The van der Waals surface area contributed by atoms with Crippen LogP contribution in [0.1, 0.15) is 20.3 Å². The molecule has 0 radical (unpaired) electrons. The fourth-order valence-electron chi connectivity index (χ4n) is 1.29. The van der Waals surface area contributed by atoms with Crippen molar-refractivity contribution in [2.45, 2.75) is 20.3 Å². The summed E-state index contributed by atoms with van der Waals surface area (Å²) in [7, 11) is 0. The van der Waals surface area contributed by atoms with Crippen molar-refractivity contribution >= 4 is 17.3 Å². The lowest BCUT2D eigenvalue weighted by Gasteiger charge is -2.18. The first-order chi connectivity index (χ1) is 8.84. The van der Waals surface area contributed by atoms with Crippen molar-refractivity contribution in [2.75, 3.05) is 5.32 Å². The van der Waals surface area contributed by atoms with Gasteiger partial charge in [0, 0.05) is 11.8 Å². The molecule has 0 saturated heterocycles. The van der Waals surface area contributed by atoms with E-state index in [1.54, 1.807) is 6.92 Å². The van der Waals surface area contributed by atoms with Gasteiger partial charge in [-0.15, -0.1) is 0 Å². The van der Waals surface area contributed by atoms with Crippen LogP contribution in [0.4, 0.5) is 15.8 Å². The first-order valence-electron chi connectivity index (χ1n) is 5.50. The van der Waals surface area contributed by atoms with Crippen LogP contribution in [0.5, 0.6) is 0 Å². The summed E-state index contributed by atoms with van der Waals surface area (Å²) in [6, 6.07) is 4.89. The van der Waals surface area contributed by atoms with Crippen LogP contribution in [-0.2, 0) is 4.79 Å². The molecule has 0 fully saturated rings. The van der Waals surface area contributed by atoms with Gasteiger partial charge < -0.3 is 5.32 Å². The number of carbonyl (C=O) groups is 1. The van der Waals surface area contributed by atoms with Crippen molar-refractivity contribution < 1.29 is 14.1 Å². The van der Waals surface area contributed by atoms with E-state index in [1.165, 1.54) is 13.0 Å². The topological polar surface area (TPSA) is 96.0 Å². The van der Waals surface area contributed by atoms with Crippen LogP contribution in [0, 0.1) is 32.7 Å². The number of nitrogens with zero attached hydrogens (tertiary/aromatic N) is 2. The van der Waals surface area contributed by atoms with Crippen molar-refractivity contribution in [3.63, 3.8) is 0 Å². The molecular formula is C12H12FN3O3. The SMILES string of the molecule is CCC(C)(C#N)C(=O)Nc1ccc(F)c([N+](=O)[O-])c1. The van der Waals surface area contributed by atoms with Crippen LogP contribution in [0.3, 0.4) is 0 Å². The smallest absolute Gasteiger partial charge is 0.306 e. The number of hydrogen-bond acceptors (Lipinski definition) is 4. The molecule has 0 aliphatic heterocycles. The zero-order valence-electron chi connectivity index (χ0n) is 10.4. The highest BCUT2D eigenvalue weighted by atomic mass is 19.1. The third-order valence-electron chi connectivity index (χ3n) is 2.86. The molecule has 0 aromatic heterocycles. The first kappa shape index (κ1) is 14.6. The van der Waals surface area contributed by atoms with Gasteiger partial charge in [0.2, 0.25) is 11.7 Å². The van der Waals surface area contributed by atoms with E-state index in [0.29, 0.717) is 6.42 Å². The van der Waals surface area contributed by atoms with Gasteiger partial charge in [-0.25, -0.2) is 0 Å². The molecule has 1 rings (SSSR count). The molecule has 0 saturated carbocycles. The molecule has 1 N–H and O–H groups in total. The molecule has 1 atom stereocenters. The number of nitriles is 1. The highest BCUT2D eigenvalue weighted by Gasteiger charge is 2.31. The Morgan fingerprint density at radius 2 is 2.26 bits per heavy atom. The molecule has 100 valence electrons. The minimum absolute atomic E-state index is 0.0769. The van der Waals surface area contributed by atoms with E-state index in [0.717, 1.165) is 12.1 Å². The number of halogens is 1. The van der Waals surface area contributed by atoms with Crippen molar-refractivity contribution in [2.24, 2.45) is 5.41 Å². The fourth-order valence-corrected chi connectivity index (χ4v) is 1.29. The second-order valence-electron chi connectivity index (χ2n) is 4.17. The van der Waals surface area contributed by atoms with E-state index in [1.807, 2.05) is 6.07 Å². The predicted molar refractivity (Wildman–Crippen MR) is 65.7 cm³/mol. The Labute approximate surface area is 109 Å². The van der Waals surface area contributed by atoms with Crippen LogP contribution in [0.15, 0.2) is 18.2 Å². The van der Waals surface area contributed by atoms with Crippen molar-refractivity contribution in [3.05, 3.63) is 34.1 Å². The van der Waals surface area contributed by atoms with E-state index in [4.69, 9.17) is 5.26 Å². The molecule has 1 unspecified atom stereocenters. The summed E-state index contributed by atoms with van der Waals surface area (Å²) in [6.07, 6.45) is 0.290. The zero-order valence-corrected chi connectivity index (χ0v) is 10.4. The molecule has 0 heterocycles. The quantitative estimate of drug-likeness (QED) is 0.668. The maximum Gasteiger partial charge on any atom is 0.306 e. The predicted octanol–water partition coefficient (Wildman–Crippen LogP) is 2.61. The van der Waals surface area contributed by atoms with Gasteiger partial charge >= 0.3 is 5.69 Å². The van der Waals surface area contributed by atoms with E-state index < -0.39 is 27.8 Å². The highest BCUT2D eigenvalue weighted by molar-refractivity contribution is 5.97. The minimum Gasteiger partial charge on any atom is -0.324 e. The van der Waals surface area contributed by atoms with Gasteiger partial charge in [0.05, 0.1) is 11.0 Å². The number of hydrogen-bond donors (Lipinski definition) is 1. The summed E-state index contributed by atoms with van der Waals surface area (Å²) >= 11 is 0. The minimum atomic E-state index is -1.23. The van der Waals surface area contributed by atoms with Gasteiger partial charge in [-0.3, -0.25) is 14.9 Å². The summed E-state index contributed by atoms with van der Waals surface area (Å²) in [5.74, 6) is -1.57. The lowest BCUT2D eigenvalue weighted by atomic mass is 9.88. The summed E-state index contributed by atoms with van der Waals surface area (Å²) in [5, 5.41) is 21.9. The number of rotatable bonds is 4. The largest absolute Gasteiger partial charge is 0.324 e. The number of nitro benzene ring substituents is 1. The second-order valence-corrected chi connectivity index (χ2v) is 4.17. The normalized spacial score (nSPS) is 13.2. The molecule has 1 aromatic carbocycles. The van der Waals surface area contributed by atoms with Crippen molar-refractivity contribution in [1.29, 1.82) is 5.26 Å². The van der Waals surface area contributed by atoms with Gasteiger partial charge in [0.1, 0.15) is 5.41 Å². The molecule has 19 heavy (non-hydrogen) atoms. The van der Waals surface area contributed by atoms with Crippen molar-refractivity contribution in [3.8, 4) is 6.07 Å². The molecule has 1 amide bonds. The van der Waals surface area contributed by atoms with Crippen LogP contribution in [0.25, 0.3) is 0 Å². The molecule has 0 aliphatic rings. The van der Waals surface area contributed by atoms with E-state index in [9.17, 15) is 19.3 Å². The maximum absolute atomic E-state index is 13.1. The first-order valence-corrected chi connectivity index (χ1v) is 5.50.